The Hall–Kier alpha value is -4.76. The van der Waals surface area contributed by atoms with Crippen molar-refractivity contribution in [2.75, 3.05) is 0 Å². The van der Waals surface area contributed by atoms with Crippen LogP contribution in [0.3, 0.4) is 0 Å². The highest BCUT2D eigenvalue weighted by atomic mass is 16.5. The molecule has 8 rings (SSSR count). The van der Waals surface area contributed by atoms with Crippen molar-refractivity contribution < 1.29 is 9.47 Å². The fraction of sp³-hybridized carbons (Fsp3) is 0.190. The number of hydrogen-bond donors (Lipinski definition) is 0. The number of hydrogen-bond acceptors (Lipinski definition) is 2. The molecule has 3 heteroatoms. The molecule has 2 heterocycles. The molecule has 2 aliphatic rings. The van der Waals surface area contributed by atoms with Crippen molar-refractivity contribution in [3.63, 3.8) is 0 Å². The quantitative estimate of drug-likeness (QED) is 0.186. The van der Waals surface area contributed by atoms with Gasteiger partial charge in [0, 0.05) is 11.0 Å². The Bertz CT molecular complexity index is 1830. The van der Waals surface area contributed by atoms with E-state index >= 15 is 0 Å². The summed E-state index contributed by atoms with van der Waals surface area (Å²) < 4.78 is 13.2. The predicted octanol–water partition coefficient (Wildman–Crippen LogP) is 11.0. The van der Waals surface area contributed by atoms with Crippen molar-refractivity contribution in [1.29, 1.82) is 0 Å². The molecule has 0 atom stereocenters. The Morgan fingerprint density at radius 3 is 1.49 bits per heavy atom. The molecule has 6 aromatic carbocycles. The topological polar surface area (TPSA) is 18.5 Å². The second kappa shape index (κ2) is 15.8. The minimum atomic E-state index is 0.0560. The highest BCUT2D eigenvalue weighted by molar-refractivity contribution is 6.98. The molecular weight excluding hydrogens is 547 g/mol. The molecule has 2 aliphatic heterocycles. The summed E-state index contributed by atoms with van der Waals surface area (Å²) in [5.74, 6) is 3.55. The van der Waals surface area contributed by atoms with Crippen LogP contribution in [0, 0.1) is 0 Å². The lowest BCUT2D eigenvalue weighted by Gasteiger charge is -2.34. The third-order valence-corrected chi connectivity index (χ3v) is 7.60. The molecule has 0 fully saturated rings. The van der Waals surface area contributed by atoms with E-state index in [1.165, 1.54) is 32.8 Å². The van der Waals surface area contributed by atoms with E-state index in [9.17, 15) is 0 Å². The maximum absolute atomic E-state index is 6.75. The summed E-state index contributed by atoms with van der Waals surface area (Å²) in [5.41, 5.74) is 8.04. The van der Waals surface area contributed by atoms with E-state index in [0.29, 0.717) is 0 Å². The first-order chi connectivity index (χ1) is 22.3. The Kier molecular flexibility index (Phi) is 11.6. The third kappa shape index (κ3) is 6.26. The van der Waals surface area contributed by atoms with Crippen molar-refractivity contribution in [2.45, 2.75) is 55.4 Å². The van der Waals surface area contributed by atoms with Crippen LogP contribution in [0.25, 0.3) is 33.0 Å². The summed E-state index contributed by atoms with van der Waals surface area (Å²) >= 11 is 0. The molecule has 0 saturated heterocycles. The zero-order valence-corrected chi connectivity index (χ0v) is 28.0. The first-order valence-electron chi connectivity index (χ1n) is 16.6. The van der Waals surface area contributed by atoms with Crippen molar-refractivity contribution in [1.82, 2.24) is 0 Å². The fourth-order valence-corrected chi connectivity index (χ4v) is 5.92. The van der Waals surface area contributed by atoms with Crippen LogP contribution in [0.2, 0.25) is 0 Å². The van der Waals surface area contributed by atoms with Crippen LogP contribution in [-0.4, -0.2) is 6.71 Å². The lowest BCUT2D eigenvalue weighted by molar-refractivity contribution is 0.465. The van der Waals surface area contributed by atoms with Crippen LogP contribution in [0.15, 0.2) is 127 Å². The van der Waals surface area contributed by atoms with Crippen LogP contribution >= 0.6 is 0 Å². The smallest absolute Gasteiger partial charge is 0.260 e. The molecule has 45 heavy (non-hydrogen) atoms. The third-order valence-electron chi connectivity index (χ3n) is 7.60. The fourth-order valence-electron chi connectivity index (χ4n) is 5.92. The van der Waals surface area contributed by atoms with E-state index in [1.807, 2.05) is 67.5 Å². The SMILES string of the molecule is CC.CC.CC.CC.c1ccc(-c2cc3ccccc3cc2-c2ccc3c4c2Oc2ccccc2B4c2ccccc2O3)cc1. The second-order valence-corrected chi connectivity index (χ2v) is 9.68. The first kappa shape index (κ1) is 33.1. The molecule has 0 N–H and O–H groups in total. The van der Waals surface area contributed by atoms with Crippen molar-refractivity contribution in [2.24, 2.45) is 0 Å². The maximum Gasteiger partial charge on any atom is 0.260 e. The Morgan fingerprint density at radius 2 is 0.889 bits per heavy atom. The van der Waals surface area contributed by atoms with Crippen LogP contribution in [-0.2, 0) is 0 Å². The van der Waals surface area contributed by atoms with Gasteiger partial charge in [-0.3, -0.25) is 0 Å². The Labute approximate surface area is 270 Å². The van der Waals surface area contributed by atoms with Crippen LogP contribution in [0.1, 0.15) is 55.4 Å². The van der Waals surface area contributed by atoms with Crippen molar-refractivity contribution in [3.8, 4) is 45.3 Å². The summed E-state index contributed by atoms with van der Waals surface area (Å²) in [6.45, 7) is 16.1. The molecule has 0 spiro atoms. The molecule has 0 bridgehead atoms. The lowest BCUT2D eigenvalue weighted by atomic mass is 9.34. The second-order valence-electron chi connectivity index (χ2n) is 9.68. The standard InChI is InChI=1S/C34H21BO2.4C2H6/c1-2-10-22(11-3-1)26-20-23-12-4-5-13-24(23)21-27(26)25-18-19-32-33-34(25)37-31-17-9-7-15-29(31)35(33)28-14-6-8-16-30(28)36-32;4*1-2/h1-21H;4*1-2H3. The van der Waals surface area contributed by atoms with E-state index in [4.69, 9.17) is 9.47 Å². The molecule has 228 valence electrons. The largest absolute Gasteiger partial charge is 0.458 e. The van der Waals surface area contributed by atoms with E-state index in [-0.39, 0.29) is 6.71 Å². The van der Waals surface area contributed by atoms with E-state index in [0.717, 1.165) is 39.6 Å². The highest BCUT2D eigenvalue weighted by Gasteiger charge is 2.41. The zero-order valence-electron chi connectivity index (χ0n) is 28.0. The van der Waals surface area contributed by atoms with Gasteiger partial charge in [-0.2, -0.15) is 0 Å². The molecule has 0 aromatic heterocycles. The van der Waals surface area contributed by atoms with Gasteiger partial charge in [0.2, 0.25) is 0 Å². The average Bonchev–Trinajstić information content (AvgIpc) is 3.14. The van der Waals surface area contributed by atoms with Gasteiger partial charge in [-0.1, -0.05) is 146 Å². The van der Waals surface area contributed by atoms with Gasteiger partial charge in [-0.25, -0.2) is 0 Å². The Balaban J connectivity index is 0.000000537. The number of rotatable bonds is 2. The van der Waals surface area contributed by atoms with Crippen molar-refractivity contribution in [3.05, 3.63) is 127 Å². The lowest BCUT2D eigenvalue weighted by Crippen LogP contribution is -2.57. The van der Waals surface area contributed by atoms with Gasteiger partial charge in [0.1, 0.15) is 23.0 Å². The monoisotopic (exact) mass is 592 g/mol. The van der Waals surface area contributed by atoms with Crippen LogP contribution in [0.4, 0.5) is 0 Å². The van der Waals surface area contributed by atoms with Crippen molar-refractivity contribution >= 4 is 33.9 Å². The number of para-hydroxylation sites is 2. The summed E-state index contributed by atoms with van der Waals surface area (Å²) in [7, 11) is 0. The highest BCUT2D eigenvalue weighted by Crippen LogP contribution is 2.44. The van der Waals surface area contributed by atoms with Gasteiger partial charge in [0.05, 0.1) is 0 Å². The first-order valence-corrected chi connectivity index (χ1v) is 16.6. The number of benzene rings is 6. The molecule has 6 aromatic rings. The van der Waals surface area contributed by atoms with Gasteiger partial charge in [-0.15, -0.1) is 0 Å². The molecule has 0 unspecified atom stereocenters. The van der Waals surface area contributed by atoms with E-state index in [2.05, 4.69) is 115 Å². The summed E-state index contributed by atoms with van der Waals surface area (Å²) in [6, 6.07) is 44.7. The van der Waals surface area contributed by atoms with Gasteiger partial charge in [0.15, 0.2) is 0 Å². The minimum absolute atomic E-state index is 0.0560. The van der Waals surface area contributed by atoms with Gasteiger partial charge >= 0.3 is 0 Å². The average molecular weight is 593 g/mol. The number of ether oxygens (including phenoxy) is 2. The van der Waals surface area contributed by atoms with Gasteiger partial charge < -0.3 is 9.47 Å². The molecule has 2 nitrogen and oxygen atoms in total. The van der Waals surface area contributed by atoms with Gasteiger partial charge in [0.25, 0.3) is 6.71 Å². The summed E-state index contributed by atoms with van der Waals surface area (Å²) in [6.07, 6.45) is 0. The van der Waals surface area contributed by atoms with Crippen LogP contribution in [0.5, 0.6) is 23.0 Å². The summed E-state index contributed by atoms with van der Waals surface area (Å²) in [5, 5.41) is 2.43. The number of fused-ring (bicyclic) bond motifs is 5. The zero-order chi connectivity index (χ0) is 32.3. The molecular formula is C42H45BO2. The van der Waals surface area contributed by atoms with E-state index < -0.39 is 0 Å². The minimum Gasteiger partial charge on any atom is -0.458 e. The molecule has 0 saturated carbocycles. The molecule has 0 aliphatic carbocycles. The van der Waals surface area contributed by atoms with Crippen LogP contribution < -0.4 is 25.9 Å². The normalized spacial score (nSPS) is 11.0. The van der Waals surface area contributed by atoms with E-state index in [1.54, 1.807) is 0 Å². The van der Waals surface area contributed by atoms with Gasteiger partial charge in [-0.05, 0) is 74.8 Å². The molecule has 0 radical (unpaired) electrons. The maximum atomic E-state index is 6.75. The predicted molar refractivity (Wildman–Crippen MR) is 198 cm³/mol. The summed E-state index contributed by atoms with van der Waals surface area (Å²) in [4.78, 5) is 0. The molecule has 0 amide bonds. The Morgan fingerprint density at radius 1 is 0.400 bits per heavy atom.